The number of methoxy groups -OCH3 is 1. The second kappa shape index (κ2) is 4.87. The summed E-state index contributed by atoms with van der Waals surface area (Å²) >= 11 is 0. The molecule has 0 heterocycles. The van der Waals surface area contributed by atoms with Crippen LogP contribution in [-0.4, -0.2) is 36.7 Å². The summed E-state index contributed by atoms with van der Waals surface area (Å²) in [6.07, 6.45) is -1.56. The molecule has 1 aliphatic rings. The van der Waals surface area contributed by atoms with Crippen molar-refractivity contribution in [3.05, 3.63) is 0 Å². The van der Waals surface area contributed by atoms with Crippen molar-refractivity contribution in [3.8, 4) is 0 Å². The highest BCUT2D eigenvalue weighted by Crippen LogP contribution is 2.21. The maximum atomic E-state index is 11.5. The number of Topliss-reactive ketones (excluding diaryl/α,β-unsaturated/α-hetero) is 2. The van der Waals surface area contributed by atoms with Crippen LogP contribution in [0.1, 0.15) is 19.8 Å². The maximum absolute atomic E-state index is 11.5. The Bertz CT molecular complexity index is 345. The van der Waals surface area contributed by atoms with Gasteiger partial charge in [0.15, 0.2) is 17.7 Å². The summed E-state index contributed by atoms with van der Waals surface area (Å²) in [4.78, 5) is 44.8. The highest BCUT2D eigenvalue weighted by atomic mass is 16.5. The molecule has 0 amide bonds. The Labute approximate surface area is 91.9 Å². The molecule has 0 bridgehead atoms. The van der Waals surface area contributed by atoms with Gasteiger partial charge in [-0.2, -0.15) is 0 Å². The van der Waals surface area contributed by atoms with Gasteiger partial charge in [0, 0.05) is 13.3 Å². The second-order valence-electron chi connectivity index (χ2n) is 3.51. The molecule has 1 saturated carbocycles. The summed E-state index contributed by atoms with van der Waals surface area (Å²) < 4.78 is 9.08. The summed E-state index contributed by atoms with van der Waals surface area (Å²) in [5.74, 6) is -3.26. The van der Waals surface area contributed by atoms with Crippen molar-refractivity contribution in [2.24, 2.45) is 5.92 Å². The van der Waals surface area contributed by atoms with Crippen LogP contribution in [0.15, 0.2) is 0 Å². The third-order valence-electron chi connectivity index (χ3n) is 2.33. The molecule has 0 radical (unpaired) electrons. The zero-order chi connectivity index (χ0) is 12.3. The van der Waals surface area contributed by atoms with Gasteiger partial charge in [-0.1, -0.05) is 0 Å². The van der Waals surface area contributed by atoms with Crippen molar-refractivity contribution in [1.82, 2.24) is 0 Å². The first-order valence-corrected chi connectivity index (χ1v) is 4.76. The van der Waals surface area contributed by atoms with E-state index in [0.717, 1.165) is 14.0 Å². The van der Waals surface area contributed by atoms with Crippen LogP contribution in [0.2, 0.25) is 0 Å². The van der Waals surface area contributed by atoms with Crippen LogP contribution in [0.5, 0.6) is 0 Å². The summed E-state index contributed by atoms with van der Waals surface area (Å²) in [5.41, 5.74) is 0. The predicted molar refractivity (Wildman–Crippen MR) is 50.3 cm³/mol. The molecule has 0 aromatic heterocycles. The first-order valence-electron chi connectivity index (χ1n) is 4.76. The normalized spacial score (nSPS) is 25.1. The molecule has 2 atom stereocenters. The average Bonchev–Trinajstić information content (AvgIpc) is 2.21. The topological polar surface area (TPSA) is 86.7 Å². The van der Waals surface area contributed by atoms with Gasteiger partial charge in [-0.15, -0.1) is 0 Å². The fourth-order valence-corrected chi connectivity index (χ4v) is 1.55. The lowest BCUT2D eigenvalue weighted by atomic mass is 9.85. The van der Waals surface area contributed by atoms with Gasteiger partial charge in [0.1, 0.15) is 5.92 Å². The summed E-state index contributed by atoms with van der Waals surface area (Å²) in [6.45, 7) is 1.16. The van der Waals surface area contributed by atoms with Gasteiger partial charge in [0.2, 0.25) is 0 Å². The van der Waals surface area contributed by atoms with Crippen LogP contribution in [0.25, 0.3) is 0 Å². The molecule has 0 aromatic carbocycles. The van der Waals surface area contributed by atoms with E-state index in [4.69, 9.17) is 0 Å². The van der Waals surface area contributed by atoms with Crippen LogP contribution < -0.4 is 0 Å². The summed E-state index contributed by atoms with van der Waals surface area (Å²) in [6, 6.07) is 0. The van der Waals surface area contributed by atoms with Crippen molar-refractivity contribution < 1.29 is 28.7 Å². The highest BCUT2D eigenvalue weighted by molar-refractivity contribution is 6.08. The van der Waals surface area contributed by atoms with Crippen LogP contribution >= 0.6 is 0 Å². The van der Waals surface area contributed by atoms with E-state index < -0.39 is 35.5 Å². The SMILES string of the molecule is COC(=O)C1CC(=O)C(OC(C)=O)CC1=O. The molecule has 88 valence electrons. The molecule has 0 N–H and O–H groups in total. The van der Waals surface area contributed by atoms with Gasteiger partial charge in [-0.05, 0) is 0 Å². The second-order valence-corrected chi connectivity index (χ2v) is 3.51. The lowest BCUT2D eigenvalue weighted by molar-refractivity contribution is -0.162. The number of rotatable bonds is 2. The number of hydrogen-bond acceptors (Lipinski definition) is 6. The van der Waals surface area contributed by atoms with Crippen LogP contribution in [0.3, 0.4) is 0 Å². The number of carbonyl (C=O) groups is 4. The number of carbonyl (C=O) groups excluding carboxylic acids is 4. The van der Waals surface area contributed by atoms with E-state index in [2.05, 4.69) is 9.47 Å². The van der Waals surface area contributed by atoms with Gasteiger partial charge in [0.05, 0.1) is 13.5 Å². The number of esters is 2. The minimum absolute atomic E-state index is 0.252. The molecule has 16 heavy (non-hydrogen) atoms. The van der Waals surface area contributed by atoms with Gasteiger partial charge in [0.25, 0.3) is 0 Å². The molecule has 1 aliphatic carbocycles. The smallest absolute Gasteiger partial charge is 0.316 e. The lowest BCUT2D eigenvalue weighted by Crippen LogP contribution is -2.41. The average molecular weight is 228 g/mol. The van der Waals surface area contributed by atoms with E-state index in [1.165, 1.54) is 0 Å². The fourth-order valence-electron chi connectivity index (χ4n) is 1.55. The van der Waals surface area contributed by atoms with Crippen molar-refractivity contribution in [3.63, 3.8) is 0 Å². The Morgan fingerprint density at radius 2 is 1.81 bits per heavy atom. The lowest BCUT2D eigenvalue weighted by Gasteiger charge is -2.24. The standard InChI is InChI=1S/C10H12O6/c1-5(11)16-9-4-7(12)6(3-8(9)13)10(14)15-2/h6,9H,3-4H2,1-2H3. The van der Waals surface area contributed by atoms with Crippen molar-refractivity contribution in [2.45, 2.75) is 25.9 Å². The Balaban J connectivity index is 2.70. The predicted octanol–water partition coefficient (Wildman–Crippen LogP) is -0.361. The third-order valence-corrected chi connectivity index (χ3v) is 2.33. The van der Waals surface area contributed by atoms with E-state index in [1.54, 1.807) is 0 Å². The fraction of sp³-hybridized carbons (Fsp3) is 0.600. The molecular formula is C10H12O6. The number of ether oxygens (including phenoxy) is 2. The summed E-state index contributed by atoms with van der Waals surface area (Å²) in [7, 11) is 1.15. The van der Waals surface area contributed by atoms with E-state index >= 15 is 0 Å². The van der Waals surface area contributed by atoms with Gasteiger partial charge in [-0.3, -0.25) is 19.2 Å². The van der Waals surface area contributed by atoms with Gasteiger partial charge >= 0.3 is 11.9 Å². The quantitative estimate of drug-likeness (QED) is 0.473. The van der Waals surface area contributed by atoms with E-state index in [9.17, 15) is 19.2 Å². The molecular weight excluding hydrogens is 216 g/mol. The number of hydrogen-bond donors (Lipinski definition) is 0. The van der Waals surface area contributed by atoms with E-state index in [-0.39, 0.29) is 12.8 Å². The monoisotopic (exact) mass is 228 g/mol. The first-order chi connectivity index (χ1) is 7.45. The molecule has 1 rings (SSSR count). The van der Waals surface area contributed by atoms with Gasteiger partial charge in [-0.25, -0.2) is 0 Å². The third kappa shape index (κ3) is 2.65. The molecule has 0 aromatic rings. The molecule has 0 aliphatic heterocycles. The molecule has 6 heteroatoms. The molecule has 2 unspecified atom stereocenters. The Kier molecular flexibility index (Phi) is 3.76. The van der Waals surface area contributed by atoms with Crippen molar-refractivity contribution in [1.29, 1.82) is 0 Å². The molecule has 0 spiro atoms. The maximum Gasteiger partial charge on any atom is 0.316 e. The Morgan fingerprint density at radius 1 is 1.19 bits per heavy atom. The minimum Gasteiger partial charge on any atom is -0.468 e. The van der Waals surface area contributed by atoms with E-state index in [1.807, 2.05) is 0 Å². The van der Waals surface area contributed by atoms with Gasteiger partial charge < -0.3 is 9.47 Å². The molecule has 0 saturated heterocycles. The largest absolute Gasteiger partial charge is 0.468 e. The minimum atomic E-state index is -1.05. The molecule has 1 fully saturated rings. The van der Waals surface area contributed by atoms with E-state index in [0.29, 0.717) is 0 Å². The zero-order valence-electron chi connectivity index (χ0n) is 9.02. The Morgan fingerprint density at radius 3 is 2.31 bits per heavy atom. The number of ketones is 2. The zero-order valence-corrected chi connectivity index (χ0v) is 9.02. The first kappa shape index (κ1) is 12.4. The van der Waals surface area contributed by atoms with Crippen molar-refractivity contribution in [2.75, 3.05) is 7.11 Å². The molecule has 6 nitrogen and oxygen atoms in total. The summed E-state index contributed by atoms with van der Waals surface area (Å²) in [5, 5.41) is 0. The van der Waals surface area contributed by atoms with Crippen molar-refractivity contribution >= 4 is 23.5 Å². The van der Waals surface area contributed by atoms with Crippen LogP contribution in [-0.2, 0) is 28.7 Å². The van der Waals surface area contributed by atoms with Crippen LogP contribution in [0, 0.1) is 5.92 Å². The Hall–Kier alpha value is -1.72. The highest BCUT2D eigenvalue weighted by Gasteiger charge is 2.40. The van der Waals surface area contributed by atoms with Crippen LogP contribution in [0.4, 0.5) is 0 Å².